The van der Waals surface area contributed by atoms with Gasteiger partial charge in [-0.2, -0.15) is 0 Å². The highest BCUT2D eigenvalue weighted by molar-refractivity contribution is 9.10. The van der Waals surface area contributed by atoms with Crippen molar-refractivity contribution in [1.29, 1.82) is 0 Å². The van der Waals surface area contributed by atoms with Crippen molar-refractivity contribution in [2.24, 2.45) is 0 Å². The van der Waals surface area contributed by atoms with Crippen molar-refractivity contribution in [3.63, 3.8) is 0 Å². The molecular formula is C9H10BrNO3. The molecule has 76 valence electrons. The first-order valence-corrected chi connectivity index (χ1v) is 4.78. The van der Waals surface area contributed by atoms with E-state index in [1.165, 1.54) is 12.1 Å². The lowest BCUT2D eigenvalue weighted by atomic mass is 9.98. The molecule has 0 aliphatic heterocycles. The van der Waals surface area contributed by atoms with E-state index in [0.717, 1.165) is 0 Å². The van der Waals surface area contributed by atoms with E-state index >= 15 is 0 Å². The predicted molar refractivity (Wildman–Crippen MR) is 56.0 cm³/mol. The zero-order chi connectivity index (χ0) is 10.9. The first-order chi connectivity index (χ1) is 6.32. The van der Waals surface area contributed by atoms with Crippen LogP contribution in [0.2, 0.25) is 0 Å². The maximum Gasteiger partial charge on any atom is 0.270 e. The summed E-state index contributed by atoms with van der Waals surface area (Å²) in [5.74, 6) is 0. The molecule has 0 saturated carbocycles. The molecule has 0 atom stereocenters. The van der Waals surface area contributed by atoms with Crippen molar-refractivity contribution in [2.75, 3.05) is 0 Å². The SMILES string of the molecule is CC(C)(O)c1ccc([N+](=O)[O-])cc1Br. The Balaban J connectivity index is 3.21. The molecule has 0 unspecified atom stereocenters. The minimum atomic E-state index is -1.01. The summed E-state index contributed by atoms with van der Waals surface area (Å²) in [6.45, 7) is 3.25. The van der Waals surface area contributed by atoms with Gasteiger partial charge in [-0.1, -0.05) is 15.9 Å². The van der Waals surface area contributed by atoms with Crippen molar-refractivity contribution in [2.45, 2.75) is 19.4 Å². The van der Waals surface area contributed by atoms with Gasteiger partial charge >= 0.3 is 0 Å². The van der Waals surface area contributed by atoms with E-state index in [2.05, 4.69) is 15.9 Å². The lowest BCUT2D eigenvalue weighted by molar-refractivity contribution is -0.385. The highest BCUT2D eigenvalue weighted by Crippen LogP contribution is 2.30. The maximum absolute atomic E-state index is 10.4. The number of halogens is 1. The summed E-state index contributed by atoms with van der Waals surface area (Å²) in [4.78, 5) is 9.96. The van der Waals surface area contributed by atoms with E-state index in [1.54, 1.807) is 19.9 Å². The van der Waals surface area contributed by atoms with Gasteiger partial charge in [-0.15, -0.1) is 0 Å². The highest BCUT2D eigenvalue weighted by Gasteiger charge is 2.20. The standard InChI is InChI=1S/C9H10BrNO3/c1-9(2,12)7-4-3-6(11(13)14)5-8(7)10/h3-5,12H,1-2H3. The van der Waals surface area contributed by atoms with Gasteiger partial charge in [0.1, 0.15) is 0 Å². The van der Waals surface area contributed by atoms with Crippen molar-refractivity contribution < 1.29 is 10.0 Å². The van der Waals surface area contributed by atoms with Crippen LogP contribution < -0.4 is 0 Å². The van der Waals surface area contributed by atoms with Crippen LogP contribution in [0.4, 0.5) is 5.69 Å². The topological polar surface area (TPSA) is 63.4 Å². The second-order valence-electron chi connectivity index (χ2n) is 3.48. The number of rotatable bonds is 2. The number of aliphatic hydroxyl groups is 1. The Morgan fingerprint density at radius 2 is 2.07 bits per heavy atom. The Morgan fingerprint density at radius 3 is 2.43 bits per heavy atom. The molecule has 0 heterocycles. The van der Waals surface area contributed by atoms with E-state index in [9.17, 15) is 15.2 Å². The summed E-state index contributed by atoms with van der Waals surface area (Å²) < 4.78 is 0.541. The second-order valence-corrected chi connectivity index (χ2v) is 4.33. The molecule has 1 aromatic rings. The van der Waals surface area contributed by atoms with Crippen LogP contribution in [0.3, 0.4) is 0 Å². The third-order valence-corrected chi connectivity index (χ3v) is 2.48. The smallest absolute Gasteiger partial charge is 0.270 e. The molecule has 0 fully saturated rings. The fourth-order valence-corrected chi connectivity index (χ4v) is 1.97. The quantitative estimate of drug-likeness (QED) is 0.656. The first-order valence-electron chi connectivity index (χ1n) is 3.99. The van der Waals surface area contributed by atoms with Crippen molar-refractivity contribution in [3.05, 3.63) is 38.3 Å². The third-order valence-electron chi connectivity index (χ3n) is 1.82. The third kappa shape index (κ3) is 2.30. The second kappa shape index (κ2) is 3.67. The zero-order valence-electron chi connectivity index (χ0n) is 7.82. The normalized spacial score (nSPS) is 11.4. The van der Waals surface area contributed by atoms with Crippen LogP contribution in [0.25, 0.3) is 0 Å². The average molecular weight is 260 g/mol. The van der Waals surface area contributed by atoms with Crippen molar-refractivity contribution in [3.8, 4) is 0 Å². The van der Waals surface area contributed by atoms with Gasteiger partial charge in [0, 0.05) is 16.6 Å². The van der Waals surface area contributed by atoms with Crippen molar-refractivity contribution in [1.82, 2.24) is 0 Å². The molecule has 1 rings (SSSR count). The van der Waals surface area contributed by atoms with Crippen LogP contribution in [-0.4, -0.2) is 10.0 Å². The molecule has 0 bridgehead atoms. The minimum Gasteiger partial charge on any atom is -0.386 e. The molecule has 1 N–H and O–H groups in total. The van der Waals surface area contributed by atoms with Gasteiger partial charge in [0.25, 0.3) is 5.69 Å². The molecule has 1 aromatic carbocycles. The first kappa shape index (κ1) is 11.1. The molecule has 0 aliphatic carbocycles. The highest BCUT2D eigenvalue weighted by atomic mass is 79.9. The number of nitro benzene ring substituents is 1. The van der Waals surface area contributed by atoms with E-state index in [1.807, 2.05) is 0 Å². The number of nitro groups is 1. The summed E-state index contributed by atoms with van der Waals surface area (Å²) in [5.41, 5.74) is -0.374. The van der Waals surface area contributed by atoms with E-state index in [4.69, 9.17) is 0 Å². The maximum atomic E-state index is 10.4. The monoisotopic (exact) mass is 259 g/mol. The molecule has 0 aromatic heterocycles. The number of nitrogens with zero attached hydrogens (tertiary/aromatic N) is 1. The molecule has 0 spiro atoms. The fraction of sp³-hybridized carbons (Fsp3) is 0.333. The minimum absolute atomic E-state index is 0.00451. The van der Waals surface area contributed by atoms with Crippen LogP contribution in [0.5, 0.6) is 0 Å². The van der Waals surface area contributed by atoms with Gasteiger partial charge in [-0.25, -0.2) is 0 Å². The molecule has 0 aliphatic rings. The Labute approximate surface area is 89.8 Å². The van der Waals surface area contributed by atoms with Gasteiger partial charge in [-0.3, -0.25) is 10.1 Å². The van der Waals surface area contributed by atoms with Crippen LogP contribution >= 0.6 is 15.9 Å². The van der Waals surface area contributed by atoms with E-state index < -0.39 is 10.5 Å². The average Bonchev–Trinajstić information content (AvgIpc) is 2.01. The number of hydrogen-bond acceptors (Lipinski definition) is 3. The van der Waals surface area contributed by atoms with E-state index in [-0.39, 0.29) is 5.69 Å². The molecule has 4 nitrogen and oxygen atoms in total. The van der Waals surface area contributed by atoms with Gasteiger partial charge < -0.3 is 5.11 Å². The lowest BCUT2D eigenvalue weighted by Crippen LogP contribution is -2.16. The Hall–Kier alpha value is -0.940. The molecule has 0 saturated heterocycles. The largest absolute Gasteiger partial charge is 0.386 e. The van der Waals surface area contributed by atoms with Gasteiger partial charge in [0.05, 0.1) is 10.5 Å². The molecule has 0 radical (unpaired) electrons. The zero-order valence-corrected chi connectivity index (χ0v) is 9.41. The lowest BCUT2D eigenvalue weighted by Gasteiger charge is -2.18. The Kier molecular flexibility index (Phi) is 2.92. The number of hydrogen-bond donors (Lipinski definition) is 1. The fourth-order valence-electron chi connectivity index (χ4n) is 1.11. The van der Waals surface area contributed by atoms with Crippen LogP contribution in [0.15, 0.2) is 22.7 Å². The number of non-ortho nitro benzene ring substituents is 1. The molecular weight excluding hydrogens is 250 g/mol. The number of benzene rings is 1. The summed E-state index contributed by atoms with van der Waals surface area (Å²) in [6, 6.07) is 4.30. The van der Waals surface area contributed by atoms with Crippen LogP contribution in [0, 0.1) is 10.1 Å². The van der Waals surface area contributed by atoms with Gasteiger partial charge in [0.15, 0.2) is 0 Å². The van der Waals surface area contributed by atoms with Crippen LogP contribution in [0.1, 0.15) is 19.4 Å². The van der Waals surface area contributed by atoms with Gasteiger partial charge in [0.2, 0.25) is 0 Å². The van der Waals surface area contributed by atoms with Crippen LogP contribution in [-0.2, 0) is 5.60 Å². The Bertz CT molecular complexity index is 371. The summed E-state index contributed by atoms with van der Waals surface area (Å²) in [6.07, 6.45) is 0. The van der Waals surface area contributed by atoms with Crippen molar-refractivity contribution >= 4 is 21.6 Å². The Morgan fingerprint density at radius 1 is 1.50 bits per heavy atom. The van der Waals surface area contributed by atoms with E-state index in [0.29, 0.717) is 10.0 Å². The molecule has 0 amide bonds. The summed E-state index contributed by atoms with van der Waals surface area (Å²) >= 11 is 3.19. The predicted octanol–water partition coefficient (Wildman–Crippen LogP) is 2.58. The summed E-state index contributed by atoms with van der Waals surface area (Å²) in [5, 5.41) is 20.1. The van der Waals surface area contributed by atoms with Gasteiger partial charge in [-0.05, 0) is 25.5 Å². The summed E-state index contributed by atoms with van der Waals surface area (Å²) in [7, 11) is 0. The molecule has 14 heavy (non-hydrogen) atoms. The molecule has 5 heteroatoms.